The molecule has 2 aliphatic rings. The highest BCUT2D eigenvalue weighted by molar-refractivity contribution is 5.94. The van der Waals surface area contributed by atoms with Gasteiger partial charge < -0.3 is 10.0 Å². The summed E-state index contributed by atoms with van der Waals surface area (Å²) in [5, 5.41) is 13.9. The van der Waals surface area contributed by atoms with E-state index in [1.165, 1.54) is 5.56 Å². The van der Waals surface area contributed by atoms with Crippen molar-refractivity contribution in [3.05, 3.63) is 46.8 Å². The number of benzene rings is 1. The smallest absolute Gasteiger partial charge is 0.306 e. The molecule has 1 aliphatic heterocycles. The Kier molecular flexibility index (Phi) is 4.72. The molecule has 0 radical (unpaired) electrons. The van der Waals surface area contributed by atoms with Gasteiger partial charge in [0.15, 0.2) is 5.69 Å². The third kappa shape index (κ3) is 3.24. The number of carbonyl (C=O) groups excluding carboxylic acids is 1. The lowest BCUT2D eigenvalue weighted by molar-refractivity contribution is -0.143. The van der Waals surface area contributed by atoms with Crippen LogP contribution >= 0.6 is 0 Å². The van der Waals surface area contributed by atoms with Crippen LogP contribution in [0.2, 0.25) is 0 Å². The van der Waals surface area contributed by atoms with E-state index in [9.17, 15) is 9.59 Å². The fourth-order valence-corrected chi connectivity index (χ4v) is 4.17. The number of aromatic nitrogens is 2. The minimum absolute atomic E-state index is 0.0547. The van der Waals surface area contributed by atoms with E-state index in [1.54, 1.807) is 4.90 Å². The second kappa shape index (κ2) is 7.18. The Labute approximate surface area is 158 Å². The second-order valence-corrected chi connectivity index (χ2v) is 7.46. The molecule has 0 atom stereocenters. The molecule has 0 bridgehead atoms. The van der Waals surface area contributed by atoms with Gasteiger partial charge in [0.05, 0.1) is 11.6 Å². The molecule has 2 aromatic rings. The van der Waals surface area contributed by atoms with E-state index in [1.807, 2.05) is 4.68 Å². The number of nitrogens with zero attached hydrogens (tertiary/aromatic N) is 3. The average molecular weight is 367 g/mol. The standard InChI is InChI=1S/C21H25N3O3/c1-2-14-6-8-16(9-7-14)24-18-5-3-4-17(18)19(22-24)20(25)23-12-10-15(11-13-23)21(26)27/h6-9,15H,2-5,10-13H2,1H3,(H,26,27). The van der Waals surface area contributed by atoms with Crippen LogP contribution in [0.1, 0.15) is 53.5 Å². The second-order valence-electron chi connectivity index (χ2n) is 7.46. The van der Waals surface area contributed by atoms with Gasteiger partial charge in [-0.2, -0.15) is 5.10 Å². The van der Waals surface area contributed by atoms with E-state index in [0.717, 1.165) is 42.6 Å². The number of carbonyl (C=O) groups is 2. The maximum atomic E-state index is 13.1. The average Bonchev–Trinajstić information content (AvgIpc) is 3.30. The topological polar surface area (TPSA) is 75.4 Å². The summed E-state index contributed by atoms with van der Waals surface area (Å²) in [7, 11) is 0. The van der Waals surface area contributed by atoms with Crippen LogP contribution < -0.4 is 0 Å². The predicted octanol–water partition coefficient (Wildman–Crippen LogP) is 2.86. The summed E-state index contributed by atoms with van der Waals surface area (Å²) in [6, 6.07) is 8.35. The summed E-state index contributed by atoms with van der Waals surface area (Å²) in [5.41, 5.74) is 5.04. The first-order valence-electron chi connectivity index (χ1n) is 9.80. The van der Waals surface area contributed by atoms with Crippen molar-refractivity contribution < 1.29 is 14.7 Å². The molecule has 1 aromatic heterocycles. The summed E-state index contributed by atoms with van der Waals surface area (Å²) >= 11 is 0. The summed E-state index contributed by atoms with van der Waals surface area (Å²) in [4.78, 5) is 26.0. The molecule has 1 fully saturated rings. The lowest BCUT2D eigenvalue weighted by atomic mass is 9.97. The fourth-order valence-electron chi connectivity index (χ4n) is 4.17. The number of rotatable bonds is 4. The van der Waals surface area contributed by atoms with Crippen LogP contribution in [0, 0.1) is 5.92 Å². The molecule has 0 spiro atoms. The Bertz CT molecular complexity index is 862. The van der Waals surface area contributed by atoms with Gasteiger partial charge in [-0.3, -0.25) is 9.59 Å². The van der Waals surface area contributed by atoms with E-state index in [0.29, 0.717) is 31.6 Å². The van der Waals surface area contributed by atoms with Crippen LogP contribution in [0.3, 0.4) is 0 Å². The van der Waals surface area contributed by atoms with Crippen molar-refractivity contribution in [2.24, 2.45) is 5.92 Å². The highest BCUT2D eigenvalue weighted by atomic mass is 16.4. The zero-order valence-corrected chi connectivity index (χ0v) is 15.6. The van der Waals surface area contributed by atoms with Gasteiger partial charge >= 0.3 is 5.97 Å². The lowest BCUT2D eigenvalue weighted by Gasteiger charge is -2.29. The molecule has 0 saturated carbocycles. The minimum Gasteiger partial charge on any atom is -0.481 e. The van der Waals surface area contributed by atoms with Crippen molar-refractivity contribution in [3.63, 3.8) is 0 Å². The molecule has 142 valence electrons. The first-order chi connectivity index (χ1) is 13.1. The predicted molar refractivity (Wildman–Crippen MR) is 101 cm³/mol. The van der Waals surface area contributed by atoms with Gasteiger partial charge in [0.1, 0.15) is 0 Å². The van der Waals surface area contributed by atoms with Crippen LogP contribution in [0.5, 0.6) is 0 Å². The van der Waals surface area contributed by atoms with Gasteiger partial charge in [-0.15, -0.1) is 0 Å². The molecule has 0 unspecified atom stereocenters. The molecule has 4 rings (SSSR count). The number of aryl methyl sites for hydroxylation is 1. The van der Waals surface area contributed by atoms with E-state index >= 15 is 0 Å². The number of likely N-dealkylation sites (tertiary alicyclic amines) is 1. The van der Waals surface area contributed by atoms with Gasteiger partial charge in [-0.1, -0.05) is 19.1 Å². The van der Waals surface area contributed by atoms with Crippen molar-refractivity contribution in [1.29, 1.82) is 0 Å². The van der Waals surface area contributed by atoms with E-state index in [2.05, 4.69) is 31.2 Å². The normalized spacial score (nSPS) is 17.1. The van der Waals surface area contributed by atoms with Crippen molar-refractivity contribution in [2.75, 3.05) is 13.1 Å². The van der Waals surface area contributed by atoms with E-state index < -0.39 is 5.97 Å². The largest absolute Gasteiger partial charge is 0.481 e. The van der Waals surface area contributed by atoms with Crippen molar-refractivity contribution in [1.82, 2.24) is 14.7 Å². The first-order valence-corrected chi connectivity index (χ1v) is 9.80. The third-order valence-electron chi connectivity index (χ3n) is 5.85. The number of carboxylic acids is 1. The Balaban J connectivity index is 1.60. The molecule has 2 heterocycles. The number of aliphatic carboxylic acids is 1. The number of carboxylic acid groups (broad SMARTS) is 1. The molecule has 1 saturated heterocycles. The summed E-state index contributed by atoms with van der Waals surface area (Å²) < 4.78 is 1.93. The summed E-state index contributed by atoms with van der Waals surface area (Å²) in [5.74, 6) is -1.15. The van der Waals surface area contributed by atoms with E-state index in [-0.39, 0.29) is 11.8 Å². The Morgan fingerprint density at radius 1 is 1.15 bits per heavy atom. The number of hydrogen-bond donors (Lipinski definition) is 1. The summed E-state index contributed by atoms with van der Waals surface area (Å²) in [6.07, 6.45) is 4.89. The van der Waals surface area contributed by atoms with Crippen LogP contribution in [-0.2, 0) is 24.1 Å². The molecular formula is C21H25N3O3. The van der Waals surface area contributed by atoms with Gasteiger partial charge in [0.2, 0.25) is 0 Å². The minimum atomic E-state index is -0.761. The van der Waals surface area contributed by atoms with Crippen LogP contribution in [0.4, 0.5) is 0 Å². The van der Waals surface area contributed by atoms with E-state index in [4.69, 9.17) is 10.2 Å². The Morgan fingerprint density at radius 3 is 2.48 bits per heavy atom. The van der Waals surface area contributed by atoms with Crippen LogP contribution in [-0.4, -0.2) is 44.8 Å². The first kappa shape index (κ1) is 17.8. The molecule has 1 N–H and O–H groups in total. The number of amides is 1. The molecule has 6 nitrogen and oxygen atoms in total. The van der Waals surface area contributed by atoms with Crippen molar-refractivity contribution >= 4 is 11.9 Å². The molecule has 27 heavy (non-hydrogen) atoms. The SMILES string of the molecule is CCc1ccc(-n2nc(C(=O)N3CCC(C(=O)O)CC3)c3c2CCC3)cc1. The Hall–Kier alpha value is -2.63. The fraction of sp³-hybridized carbons (Fsp3) is 0.476. The zero-order valence-electron chi connectivity index (χ0n) is 15.6. The molecule has 6 heteroatoms. The molecular weight excluding hydrogens is 342 g/mol. The maximum Gasteiger partial charge on any atom is 0.306 e. The third-order valence-corrected chi connectivity index (χ3v) is 5.85. The highest BCUT2D eigenvalue weighted by Crippen LogP contribution is 2.29. The van der Waals surface area contributed by atoms with Gasteiger partial charge in [0, 0.05) is 24.3 Å². The zero-order chi connectivity index (χ0) is 19.0. The van der Waals surface area contributed by atoms with Gasteiger partial charge in [-0.25, -0.2) is 4.68 Å². The molecule has 1 aliphatic carbocycles. The number of hydrogen-bond acceptors (Lipinski definition) is 3. The highest BCUT2D eigenvalue weighted by Gasteiger charge is 2.32. The Morgan fingerprint density at radius 2 is 1.85 bits per heavy atom. The van der Waals surface area contributed by atoms with Crippen molar-refractivity contribution in [2.45, 2.75) is 45.4 Å². The monoisotopic (exact) mass is 367 g/mol. The van der Waals surface area contributed by atoms with Gasteiger partial charge in [0.25, 0.3) is 5.91 Å². The maximum absolute atomic E-state index is 13.1. The van der Waals surface area contributed by atoms with Crippen LogP contribution in [0.25, 0.3) is 5.69 Å². The van der Waals surface area contributed by atoms with Gasteiger partial charge in [-0.05, 0) is 56.2 Å². The van der Waals surface area contributed by atoms with Crippen molar-refractivity contribution in [3.8, 4) is 5.69 Å². The molecule has 1 aromatic carbocycles. The molecule has 1 amide bonds. The number of fused-ring (bicyclic) bond motifs is 1. The summed E-state index contributed by atoms with van der Waals surface area (Å²) in [6.45, 7) is 3.11. The number of piperidine rings is 1. The lowest BCUT2D eigenvalue weighted by Crippen LogP contribution is -2.40. The quantitative estimate of drug-likeness (QED) is 0.902. The van der Waals surface area contributed by atoms with Crippen LogP contribution in [0.15, 0.2) is 24.3 Å².